The minimum absolute atomic E-state index is 0.352. The number of nitrogens with zero attached hydrogens (tertiary/aromatic N) is 1. The van der Waals surface area contributed by atoms with Crippen LogP contribution in [-0.4, -0.2) is 18.2 Å². The fourth-order valence-electron chi connectivity index (χ4n) is 2.11. The van der Waals surface area contributed by atoms with Gasteiger partial charge in [0.15, 0.2) is 11.5 Å². The van der Waals surface area contributed by atoms with E-state index in [1.54, 1.807) is 0 Å². The topological polar surface area (TPSA) is 57.4 Å². The zero-order valence-electron chi connectivity index (χ0n) is 10.6. The molecule has 0 atom stereocenters. The van der Waals surface area contributed by atoms with E-state index in [0.717, 1.165) is 33.8 Å². The van der Waals surface area contributed by atoms with Gasteiger partial charge in [0, 0.05) is 22.8 Å². The van der Waals surface area contributed by atoms with Crippen LogP contribution in [0.5, 0.6) is 11.5 Å². The summed E-state index contributed by atoms with van der Waals surface area (Å²) in [6.07, 6.45) is 0. The number of ether oxygens (including phenoxy) is 2. The molecule has 18 heavy (non-hydrogen) atoms. The fourth-order valence-corrected chi connectivity index (χ4v) is 2.11. The van der Waals surface area contributed by atoms with Gasteiger partial charge < -0.3 is 15.2 Å². The Labute approximate surface area is 106 Å². The van der Waals surface area contributed by atoms with Crippen LogP contribution in [0.15, 0.2) is 18.2 Å². The number of hydrogen-bond donors (Lipinski definition) is 1. The molecule has 2 aromatic rings. The van der Waals surface area contributed by atoms with Crippen LogP contribution in [0.4, 0.5) is 5.69 Å². The van der Waals surface area contributed by atoms with E-state index in [1.165, 1.54) is 0 Å². The van der Waals surface area contributed by atoms with Crippen LogP contribution in [-0.2, 0) is 0 Å². The van der Waals surface area contributed by atoms with Crippen molar-refractivity contribution in [3.63, 3.8) is 0 Å². The lowest BCUT2D eigenvalue weighted by molar-refractivity contribution is 0.172. The Balaban J connectivity index is 2.24. The largest absolute Gasteiger partial charge is 0.486 e. The number of nitrogens with two attached hydrogens (primary N) is 1. The molecule has 0 amide bonds. The van der Waals surface area contributed by atoms with Gasteiger partial charge in [0.05, 0.1) is 5.52 Å². The van der Waals surface area contributed by atoms with Gasteiger partial charge >= 0.3 is 0 Å². The van der Waals surface area contributed by atoms with Crippen molar-refractivity contribution in [2.75, 3.05) is 18.9 Å². The van der Waals surface area contributed by atoms with Crippen LogP contribution in [0.1, 0.15) is 25.5 Å². The third kappa shape index (κ3) is 1.74. The molecule has 0 fully saturated rings. The fraction of sp³-hybridized carbons (Fsp3) is 0.357. The van der Waals surface area contributed by atoms with Gasteiger partial charge in [0.1, 0.15) is 13.2 Å². The molecule has 4 heteroatoms. The molecule has 0 spiro atoms. The maximum absolute atomic E-state index is 6.09. The minimum Gasteiger partial charge on any atom is -0.486 e. The molecule has 1 aromatic heterocycles. The van der Waals surface area contributed by atoms with Gasteiger partial charge in [-0.25, -0.2) is 0 Å². The van der Waals surface area contributed by atoms with Crippen molar-refractivity contribution < 1.29 is 9.47 Å². The van der Waals surface area contributed by atoms with Gasteiger partial charge in [-0.1, -0.05) is 13.8 Å². The van der Waals surface area contributed by atoms with Gasteiger partial charge in [-0.05, 0) is 18.1 Å². The van der Waals surface area contributed by atoms with E-state index in [9.17, 15) is 0 Å². The van der Waals surface area contributed by atoms with Crippen molar-refractivity contribution in [3.8, 4) is 11.5 Å². The number of pyridine rings is 1. The van der Waals surface area contributed by atoms with Crippen LogP contribution in [0.2, 0.25) is 0 Å². The summed E-state index contributed by atoms with van der Waals surface area (Å²) < 4.78 is 11.1. The van der Waals surface area contributed by atoms with E-state index in [2.05, 4.69) is 18.8 Å². The molecule has 0 bridgehead atoms. The van der Waals surface area contributed by atoms with Gasteiger partial charge in [0.25, 0.3) is 0 Å². The predicted octanol–water partition coefficient (Wildman–Crippen LogP) is 2.71. The van der Waals surface area contributed by atoms with Crippen molar-refractivity contribution in [1.82, 2.24) is 4.98 Å². The lowest BCUT2D eigenvalue weighted by Crippen LogP contribution is -2.15. The first-order valence-electron chi connectivity index (χ1n) is 6.15. The van der Waals surface area contributed by atoms with Gasteiger partial charge in [-0.3, -0.25) is 4.98 Å². The van der Waals surface area contributed by atoms with Crippen LogP contribution >= 0.6 is 0 Å². The molecule has 0 aliphatic carbocycles. The normalized spacial score (nSPS) is 14.2. The van der Waals surface area contributed by atoms with E-state index in [0.29, 0.717) is 19.1 Å². The average molecular weight is 244 g/mol. The van der Waals surface area contributed by atoms with Crippen molar-refractivity contribution >= 4 is 16.6 Å². The molecule has 0 saturated heterocycles. The van der Waals surface area contributed by atoms with E-state index in [4.69, 9.17) is 15.2 Å². The summed E-state index contributed by atoms with van der Waals surface area (Å²) in [6, 6.07) is 5.76. The average Bonchev–Trinajstić information content (AvgIpc) is 2.36. The SMILES string of the molecule is CC(C)c1cc(N)c2cc3c(cc2n1)OCCO3. The smallest absolute Gasteiger partial charge is 0.163 e. The van der Waals surface area contributed by atoms with Crippen molar-refractivity contribution in [1.29, 1.82) is 0 Å². The van der Waals surface area contributed by atoms with Gasteiger partial charge in [-0.2, -0.15) is 0 Å². The van der Waals surface area contributed by atoms with Crippen molar-refractivity contribution in [2.24, 2.45) is 0 Å². The maximum Gasteiger partial charge on any atom is 0.163 e. The van der Waals surface area contributed by atoms with Gasteiger partial charge in [0.2, 0.25) is 0 Å². The third-order valence-corrected chi connectivity index (χ3v) is 3.12. The molecule has 0 saturated carbocycles. The molecular formula is C14H16N2O2. The Morgan fingerprint density at radius 1 is 1.11 bits per heavy atom. The molecule has 1 aromatic carbocycles. The number of nitrogen functional groups attached to an aromatic ring is 1. The second kappa shape index (κ2) is 4.05. The van der Waals surface area contributed by atoms with Gasteiger partial charge in [-0.15, -0.1) is 0 Å². The molecule has 2 N–H and O–H groups in total. The quantitative estimate of drug-likeness (QED) is 0.838. The molecule has 1 aliphatic heterocycles. The minimum atomic E-state index is 0.352. The molecule has 4 nitrogen and oxygen atoms in total. The highest BCUT2D eigenvalue weighted by Gasteiger charge is 2.15. The molecule has 2 heterocycles. The summed E-state index contributed by atoms with van der Waals surface area (Å²) in [5, 5.41) is 0.920. The second-order valence-corrected chi connectivity index (χ2v) is 4.80. The number of rotatable bonds is 1. The zero-order valence-corrected chi connectivity index (χ0v) is 10.6. The lowest BCUT2D eigenvalue weighted by atomic mass is 10.1. The van der Waals surface area contributed by atoms with Crippen LogP contribution in [0.25, 0.3) is 10.9 Å². The maximum atomic E-state index is 6.09. The third-order valence-electron chi connectivity index (χ3n) is 3.12. The highest BCUT2D eigenvalue weighted by molar-refractivity contribution is 5.92. The van der Waals surface area contributed by atoms with Crippen molar-refractivity contribution in [3.05, 3.63) is 23.9 Å². The molecule has 94 valence electrons. The summed E-state index contributed by atoms with van der Waals surface area (Å²) in [5.74, 6) is 1.85. The molecule has 0 unspecified atom stereocenters. The number of anilines is 1. The number of hydrogen-bond acceptors (Lipinski definition) is 4. The Kier molecular flexibility index (Phi) is 2.51. The Morgan fingerprint density at radius 2 is 1.78 bits per heavy atom. The van der Waals surface area contributed by atoms with E-state index < -0.39 is 0 Å². The summed E-state index contributed by atoms with van der Waals surface area (Å²) in [5.41, 5.74) is 8.69. The molecule has 1 aliphatic rings. The summed E-state index contributed by atoms with van der Waals surface area (Å²) in [4.78, 5) is 4.63. The van der Waals surface area contributed by atoms with E-state index >= 15 is 0 Å². The highest BCUT2D eigenvalue weighted by atomic mass is 16.6. The number of fused-ring (bicyclic) bond motifs is 2. The van der Waals surface area contributed by atoms with E-state index in [1.807, 2.05) is 18.2 Å². The van der Waals surface area contributed by atoms with Crippen LogP contribution in [0.3, 0.4) is 0 Å². The Bertz CT molecular complexity index is 608. The standard InChI is InChI=1S/C14H16N2O2/c1-8(2)11-6-10(15)9-5-13-14(7-12(9)16-11)18-4-3-17-13/h5-8H,3-4H2,1-2H3,(H2,15,16). The monoisotopic (exact) mass is 244 g/mol. The second-order valence-electron chi connectivity index (χ2n) is 4.80. The van der Waals surface area contributed by atoms with Crippen LogP contribution < -0.4 is 15.2 Å². The predicted molar refractivity (Wildman–Crippen MR) is 71.2 cm³/mol. The Hall–Kier alpha value is -1.97. The summed E-state index contributed by atoms with van der Waals surface area (Å²) in [6.45, 7) is 5.37. The number of aromatic nitrogens is 1. The lowest BCUT2D eigenvalue weighted by Gasteiger charge is -2.19. The van der Waals surface area contributed by atoms with Crippen LogP contribution in [0, 0.1) is 0 Å². The molecule has 0 radical (unpaired) electrons. The summed E-state index contributed by atoms with van der Waals surface area (Å²) in [7, 11) is 0. The highest BCUT2D eigenvalue weighted by Crippen LogP contribution is 2.36. The zero-order chi connectivity index (χ0) is 12.7. The Morgan fingerprint density at radius 3 is 2.44 bits per heavy atom. The van der Waals surface area contributed by atoms with E-state index in [-0.39, 0.29) is 0 Å². The summed E-state index contributed by atoms with van der Waals surface area (Å²) >= 11 is 0. The molecule has 3 rings (SSSR count). The first-order valence-corrected chi connectivity index (χ1v) is 6.15. The number of benzene rings is 1. The van der Waals surface area contributed by atoms with Crippen molar-refractivity contribution in [2.45, 2.75) is 19.8 Å². The first-order chi connectivity index (χ1) is 8.65. The molecular weight excluding hydrogens is 228 g/mol. The first kappa shape index (κ1) is 11.1.